The maximum atomic E-state index is 12.9. The molecule has 0 spiro atoms. The third-order valence-electron chi connectivity index (χ3n) is 4.66. The van der Waals surface area contributed by atoms with Crippen LogP contribution in [0.5, 0.6) is 0 Å². The predicted molar refractivity (Wildman–Crippen MR) is 115 cm³/mol. The Morgan fingerprint density at radius 3 is 2.45 bits per heavy atom. The Morgan fingerprint density at radius 2 is 1.77 bits per heavy atom. The van der Waals surface area contributed by atoms with Crippen LogP contribution in [-0.2, 0) is 10.0 Å². The Kier molecular flexibility index (Phi) is 7.56. The van der Waals surface area contributed by atoms with Crippen molar-refractivity contribution in [3.8, 4) is 0 Å². The maximum absolute atomic E-state index is 12.9. The summed E-state index contributed by atoms with van der Waals surface area (Å²) in [6.45, 7) is 0.826. The zero-order chi connectivity index (χ0) is 22.6. The maximum Gasteiger partial charge on any atom is 0.398 e. The van der Waals surface area contributed by atoms with Crippen LogP contribution in [0.25, 0.3) is 0 Å². The van der Waals surface area contributed by atoms with Gasteiger partial charge in [0, 0.05) is 18.0 Å². The number of hydrogen-bond donors (Lipinski definition) is 1. The number of nitrogens with one attached hydrogen (secondary N) is 1. The van der Waals surface area contributed by atoms with E-state index < -0.39 is 27.9 Å². The largest absolute Gasteiger partial charge is 0.398 e. The van der Waals surface area contributed by atoms with Crippen molar-refractivity contribution >= 4 is 45.0 Å². The van der Waals surface area contributed by atoms with Crippen molar-refractivity contribution in [3.05, 3.63) is 53.1 Å². The fraction of sp³-hybridized carbons (Fsp3) is 0.350. The first kappa shape index (κ1) is 23.9. The lowest BCUT2D eigenvalue weighted by Crippen LogP contribution is -2.35. The van der Waals surface area contributed by atoms with Crippen LogP contribution in [0.3, 0.4) is 0 Å². The fourth-order valence-corrected chi connectivity index (χ4v) is 5.65. The van der Waals surface area contributed by atoms with Gasteiger partial charge < -0.3 is 5.32 Å². The highest BCUT2D eigenvalue weighted by atomic mass is 35.5. The number of rotatable bonds is 6. The average molecular weight is 493 g/mol. The minimum atomic E-state index is -4.36. The molecule has 0 aliphatic carbocycles. The molecule has 1 saturated heterocycles. The van der Waals surface area contributed by atoms with Gasteiger partial charge in [-0.05, 0) is 43.2 Å². The van der Waals surface area contributed by atoms with Crippen LogP contribution < -0.4 is 5.32 Å². The molecule has 0 saturated carbocycles. The van der Waals surface area contributed by atoms with Gasteiger partial charge in [-0.15, -0.1) is 11.8 Å². The molecule has 1 aliphatic heterocycles. The topological polar surface area (TPSA) is 66.5 Å². The molecule has 31 heavy (non-hydrogen) atoms. The Morgan fingerprint density at radius 1 is 1.10 bits per heavy atom. The van der Waals surface area contributed by atoms with Gasteiger partial charge in [-0.25, -0.2) is 8.42 Å². The molecule has 1 amide bonds. The molecule has 2 aromatic rings. The van der Waals surface area contributed by atoms with E-state index in [1.807, 2.05) is 0 Å². The number of benzene rings is 2. The van der Waals surface area contributed by atoms with Crippen molar-refractivity contribution in [3.63, 3.8) is 0 Å². The minimum Gasteiger partial charge on any atom is -0.321 e. The van der Waals surface area contributed by atoms with E-state index in [0.717, 1.165) is 19.3 Å². The zero-order valence-electron chi connectivity index (χ0n) is 16.3. The summed E-state index contributed by atoms with van der Waals surface area (Å²) in [4.78, 5) is 13.0. The van der Waals surface area contributed by atoms with E-state index in [9.17, 15) is 26.4 Å². The normalized spacial score (nSPS) is 15.6. The number of nitrogens with zero attached hydrogens (tertiary/aromatic N) is 1. The van der Waals surface area contributed by atoms with Crippen LogP contribution >= 0.6 is 23.4 Å². The highest BCUT2D eigenvalue weighted by molar-refractivity contribution is 7.99. The first-order chi connectivity index (χ1) is 14.6. The molecule has 0 atom stereocenters. The molecule has 11 heteroatoms. The molecule has 168 valence electrons. The number of halogens is 4. The number of sulfonamides is 1. The molecular formula is C20H20ClF3N2O3S2. The molecule has 5 nitrogen and oxygen atoms in total. The van der Waals surface area contributed by atoms with Crippen LogP contribution in [0, 0.1) is 0 Å². The van der Waals surface area contributed by atoms with Gasteiger partial charge in [0.1, 0.15) is 0 Å². The summed E-state index contributed by atoms with van der Waals surface area (Å²) >= 11 is 6.68. The van der Waals surface area contributed by atoms with Gasteiger partial charge >= 0.3 is 6.18 Å². The Labute approximate surface area is 188 Å². The smallest absolute Gasteiger partial charge is 0.321 e. The van der Waals surface area contributed by atoms with E-state index in [-0.39, 0.29) is 26.1 Å². The SMILES string of the molecule is O=C(Nc1ccccc1SCC(F)(F)F)c1cc(S(=O)(=O)N2CCCCC2)ccc1Cl. The van der Waals surface area contributed by atoms with Gasteiger partial charge in [-0.2, -0.15) is 17.5 Å². The molecule has 1 aliphatic rings. The van der Waals surface area contributed by atoms with Crippen LogP contribution in [-0.4, -0.2) is 43.6 Å². The first-order valence-corrected chi connectivity index (χ1v) is 12.3. The summed E-state index contributed by atoms with van der Waals surface area (Å²) < 4.78 is 64.9. The van der Waals surface area contributed by atoms with Crippen molar-refractivity contribution in [2.75, 3.05) is 24.2 Å². The molecule has 0 bridgehead atoms. The fourth-order valence-electron chi connectivity index (χ4n) is 3.14. The summed E-state index contributed by atoms with van der Waals surface area (Å²) in [7, 11) is -3.78. The Balaban J connectivity index is 1.84. The van der Waals surface area contributed by atoms with Crippen molar-refractivity contribution in [1.82, 2.24) is 4.31 Å². The highest BCUT2D eigenvalue weighted by Crippen LogP contribution is 2.33. The van der Waals surface area contributed by atoms with E-state index in [0.29, 0.717) is 24.9 Å². The highest BCUT2D eigenvalue weighted by Gasteiger charge is 2.29. The van der Waals surface area contributed by atoms with Crippen LogP contribution in [0.4, 0.5) is 18.9 Å². The van der Waals surface area contributed by atoms with E-state index in [4.69, 9.17) is 11.6 Å². The molecule has 3 rings (SSSR count). The molecule has 0 aromatic heterocycles. The average Bonchev–Trinajstić information content (AvgIpc) is 2.73. The van der Waals surface area contributed by atoms with Crippen molar-refractivity contribution < 1.29 is 26.4 Å². The lowest BCUT2D eigenvalue weighted by Gasteiger charge is -2.26. The zero-order valence-corrected chi connectivity index (χ0v) is 18.7. The number of anilines is 1. The number of carbonyl (C=O) groups excluding carboxylic acids is 1. The number of hydrogen-bond acceptors (Lipinski definition) is 4. The second-order valence-electron chi connectivity index (χ2n) is 6.96. The number of carbonyl (C=O) groups is 1. The summed E-state index contributed by atoms with van der Waals surface area (Å²) in [6.07, 6.45) is -1.85. The third kappa shape index (κ3) is 6.15. The quantitative estimate of drug-likeness (QED) is 0.547. The van der Waals surface area contributed by atoms with Crippen molar-refractivity contribution in [1.29, 1.82) is 0 Å². The standard InChI is InChI=1S/C20H20ClF3N2O3S2/c21-16-9-8-14(31(28,29)26-10-4-1-5-11-26)12-15(16)19(27)25-17-6-2-3-7-18(17)30-13-20(22,23)24/h2-3,6-9,12H,1,4-5,10-11,13H2,(H,25,27). The summed E-state index contributed by atoms with van der Waals surface area (Å²) in [5.41, 5.74) is 0.109. The van der Waals surface area contributed by atoms with E-state index in [1.165, 1.54) is 34.6 Å². The second-order valence-corrected chi connectivity index (χ2v) is 10.3. The molecule has 0 radical (unpaired) electrons. The van der Waals surface area contributed by atoms with Gasteiger partial charge in [0.25, 0.3) is 5.91 Å². The molecule has 0 unspecified atom stereocenters. The first-order valence-electron chi connectivity index (χ1n) is 9.47. The second kappa shape index (κ2) is 9.81. The lowest BCUT2D eigenvalue weighted by atomic mass is 10.2. The van der Waals surface area contributed by atoms with E-state index >= 15 is 0 Å². The summed E-state index contributed by atoms with van der Waals surface area (Å²) in [5.74, 6) is -1.81. The molecule has 1 N–H and O–H groups in total. The monoisotopic (exact) mass is 492 g/mol. The van der Waals surface area contributed by atoms with E-state index in [2.05, 4.69) is 5.32 Å². The van der Waals surface area contributed by atoms with Gasteiger partial charge in [0.2, 0.25) is 10.0 Å². The van der Waals surface area contributed by atoms with Crippen LogP contribution in [0.15, 0.2) is 52.3 Å². The van der Waals surface area contributed by atoms with Crippen LogP contribution in [0.2, 0.25) is 5.02 Å². The number of thioether (sulfide) groups is 1. The number of amides is 1. The Bertz CT molecular complexity index is 1060. The Hall–Kier alpha value is -1.75. The number of piperidine rings is 1. The molecule has 1 heterocycles. The molecule has 2 aromatic carbocycles. The van der Waals surface area contributed by atoms with Gasteiger partial charge in [-0.1, -0.05) is 30.2 Å². The predicted octanol–water partition coefficient (Wildman–Crippen LogP) is 5.42. The van der Waals surface area contributed by atoms with Crippen molar-refractivity contribution in [2.45, 2.75) is 35.2 Å². The van der Waals surface area contributed by atoms with Gasteiger partial charge in [-0.3, -0.25) is 4.79 Å². The van der Waals surface area contributed by atoms with Crippen molar-refractivity contribution in [2.24, 2.45) is 0 Å². The minimum absolute atomic E-state index is 0.0375. The van der Waals surface area contributed by atoms with E-state index in [1.54, 1.807) is 12.1 Å². The summed E-state index contributed by atoms with van der Waals surface area (Å²) in [6, 6.07) is 9.95. The van der Waals surface area contributed by atoms with Gasteiger partial charge in [0.05, 0.1) is 26.9 Å². The number of alkyl halides is 3. The van der Waals surface area contributed by atoms with Crippen LogP contribution in [0.1, 0.15) is 29.6 Å². The lowest BCUT2D eigenvalue weighted by molar-refractivity contribution is -0.105. The van der Waals surface area contributed by atoms with Gasteiger partial charge in [0.15, 0.2) is 0 Å². The number of para-hydroxylation sites is 1. The molecule has 1 fully saturated rings. The third-order valence-corrected chi connectivity index (χ3v) is 8.02. The summed E-state index contributed by atoms with van der Waals surface area (Å²) in [5, 5.41) is 2.58. The molecular weight excluding hydrogens is 473 g/mol.